The van der Waals surface area contributed by atoms with Crippen LogP contribution in [0.15, 0.2) is 24.3 Å². The maximum atomic E-state index is 12.9. The number of alkyl halides is 3. The third-order valence-corrected chi connectivity index (χ3v) is 5.98. The van der Waals surface area contributed by atoms with Gasteiger partial charge in [-0.25, -0.2) is 9.97 Å². The number of H-pyrrole nitrogens is 1. The van der Waals surface area contributed by atoms with Crippen molar-refractivity contribution in [1.29, 1.82) is 0 Å². The van der Waals surface area contributed by atoms with Crippen LogP contribution in [0.3, 0.4) is 0 Å². The maximum Gasteiger partial charge on any atom is 0.471 e. The molecule has 0 radical (unpaired) electrons. The summed E-state index contributed by atoms with van der Waals surface area (Å²) in [5, 5.41) is 13.1. The number of amides is 1. The molecule has 0 spiro atoms. The summed E-state index contributed by atoms with van der Waals surface area (Å²) in [7, 11) is 0. The maximum absolute atomic E-state index is 12.9. The first kappa shape index (κ1) is 18.9. The van der Waals surface area contributed by atoms with Crippen molar-refractivity contribution in [1.82, 2.24) is 20.3 Å². The number of aliphatic hydroxyl groups excluding tert-OH is 1. The number of halogens is 3. The van der Waals surface area contributed by atoms with Crippen LogP contribution in [0.4, 0.5) is 13.2 Å². The van der Waals surface area contributed by atoms with E-state index in [1.165, 1.54) is 11.3 Å². The van der Waals surface area contributed by atoms with E-state index < -0.39 is 30.1 Å². The van der Waals surface area contributed by atoms with E-state index in [4.69, 9.17) is 0 Å². The molecular weight excluding hydrogens is 393 g/mol. The molecule has 2 aromatic heterocycles. The summed E-state index contributed by atoms with van der Waals surface area (Å²) in [6, 6.07) is 6.05. The van der Waals surface area contributed by atoms with E-state index in [1.54, 1.807) is 19.1 Å². The molecule has 10 heteroatoms. The first-order chi connectivity index (χ1) is 13.2. The largest absolute Gasteiger partial charge is 0.471 e. The van der Waals surface area contributed by atoms with E-state index in [1.807, 2.05) is 17.4 Å². The van der Waals surface area contributed by atoms with E-state index in [0.717, 1.165) is 21.9 Å². The molecule has 3 N–H and O–H groups in total. The summed E-state index contributed by atoms with van der Waals surface area (Å²) in [6.07, 6.45) is -5.64. The molecule has 0 saturated carbocycles. The Balaban J connectivity index is 1.64. The number of imidazole rings is 1. The molecule has 1 amide bonds. The number of carbonyl (C=O) groups excluding carboxylic acids is 1. The number of benzene rings is 1. The van der Waals surface area contributed by atoms with Crippen LogP contribution >= 0.6 is 11.3 Å². The van der Waals surface area contributed by atoms with Crippen molar-refractivity contribution in [2.45, 2.75) is 38.1 Å². The first-order valence-corrected chi connectivity index (χ1v) is 9.49. The molecule has 0 aliphatic heterocycles. The zero-order valence-electron chi connectivity index (χ0n) is 14.7. The van der Waals surface area contributed by atoms with Crippen molar-refractivity contribution in [2.24, 2.45) is 5.92 Å². The van der Waals surface area contributed by atoms with Crippen molar-refractivity contribution < 1.29 is 23.1 Å². The first-order valence-electron chi connectivity index (χ1n) is 8.68. The predicted octanol–water partition coefficient (Wildman–Crippen LogP) is 2.82. The van der Waals surface area contributed by atoms with Crippen LogP contribution in [0.5, 0.6) is 0 Å². The Hall–Kier alpha value is -2.46. The Morgan fingerprint density at radius 3 is 2.75 bits per heavy atom. The molecule has 148 valence electrons. The summed E-state index contributed by atoms with van der Waals surface area (Å²) in [6.45, 7) is 1.80. The molecule has 0 bridgehead atoms. The number of aromatic amines is 1. The Bertz CT molecular complexity index is 973. The normalized spacial score (nSPS) is 16.9. The van der Waals surface area contributed by atoms with Gasteiger partial charge in [0.05, 0.1) is 22.0 Å². The number of hydrogen-bond donors (Lipinski definition) is 3. The lowest BCUT2D eigenvalue weighted by molar-refractivity contribution is -0.175. The van der Waals surface area contributed by atoms with Crippen molar-refractivity contribution in [2.75, 3.05) is 0 Å². The number of nitrogens with zero attached hydrogens (tertiary/aromatic N) is 2. The molecule has 2 heterocycles. The predicted molar refractivity (Wildman–Crippen MR) is 96.8 cm³/mol. The third-order valence-electron chi connectivity index (χ3n) is 4.87. The standard InChI is InChI=1S/C18H17F3N4O2S/c1-8-22-11-6-9(7-12(11)23-8)14(25-17(27)18(19,20)21)15(26)16-24-10-4-2-3-5-13(10)28-16/h2-5,9,14-15,26H,6-7H2,1H3,(H,22,23)(H,25,27). The van der Waals surface area contributed by atoms with Crippen molar-refractivity contribution >= 4 is 27.5 Å². The van der Waals surface area contributed by atoms with Gasteiger partial charge in [-0.15, -0.1) is 11.3 Å². The van der Waals surface area contributed by atoms with Crippen LogP contribution < -0.4 is 5.32 Å². The number of fused-ring (bicyclic) bond motifs is 2. The highest BCUT2D eigenvalue weighted by atomic mass is 32.1. The number of aromatic nitrogens is 3. The number of aryl methyl sites for hydroxylation is 1. The molecule has 6 nitrogen and oxygen atoms in total. The summed E-state index contributed by atoms with van der Waals surface area (Å²) in [5.41, 5.74) is 2.23. The second-order valence-corrected chi connectivity index (χ2v) is 7.94. The summed E-state index contributed by atoms with van der Waals surface area (Å²) >= 11 is 1.20. The summed E-state index contributed by atoms with van der Waals surface area (Å²) in [5.74, 6) is -1.77. The molecular formula is C18H17F3N4O2S. The summed E-state index contributed by atoms with van der Waals surface area (Å²) in [4.78, 5) is 23.4. The van der Waals surface area contributed by atoms with Crippen molar-refractivity contribution in [3.05, 3.63) is 46.5 Å². The molecule has 1 aliphatic rings. The topological polar surface area (TPSA) is 90.9 Å². The molecule has 1 aliphatic carbocycles. The van der Waals surface area contributed by atoms with Gasteiger partial charge in [-0.3, -0.25) is 4.79 Å². The van der Waals surface area contributed by atoms with Gasteiger partial charge in [-0.05, 0) is 37.8 Å². The zero-order chi connectivity index (χ0) is 20.1. The number of thiazole rings is 1. The number of aliphatic hydroxyl groups is 1. The average Bonchev–Trinajstić information content (AvgIpc) is 3.29. The Morgan fingerprint density at radius 1 is 1.32 bits per heavy atom. The Kier molecular flexibility index (Phi) is 4.62. The third kappa shape index (κ3) is 3.49. The van der Waals surface area contributed by atoms with Gasteiger partial charge in [0.1, 0.15) is 16.9 Å². The van der Waals surface area contributed by atoms with Crippen molar-refractivity contribution in [3.63, 3.8) is 0 Å². The minimum absolute atomic E-state index is 0.272. The fourth-order valence-corrected chi connectivity index (χ4v) is 4.62. The van der Waals surface area contributed by atoms with Gasteiger partial charge in [0.15, 0.2) is 0 Å². The van der Waals surface area contributed by atoms with Gasteiger partial charge in [0, 0.05) is 5.69 Å². The van der Waals surface area contributed by atoms with Gasteiger partial charge >= 0.3 is 12.1 Å². The lowest BCUT2D eigenvalue weighted by atomic mass is 9.92. The van der Waals surface area contributed by atoms with Gasteiger partial charge in [0.25, 0.3) is 0 Å². The highest BCUT2D eigenvalue weighted by Gasteiger charge is 2.44. The SMILES string of the molecule is Cc1nc2c([nH]1)CC(C(NC(=O)C(F)(F)F)C(O)c1nc3ccccc3s1)C2. The lowest BCUT2D eigenvalue weighted by Crippen LogP contribution is -2.49. The van der Waals surface area contributed by atoms with Gasteiger partial charge in [-0.1, -0.05) is 12.1 Å². The average molecular weight is 410 g/mol. The molecule has 28 heavy (non-hydrogen) atoms. The quantitative estimate of drug-likeness (QED) is 0.617. The Labute approximate surface area is 161 Å². The number of para-hydroxylation sites is 1. The van der Waals surface area contributed by atoms with Crippen LogP contribution in [0.2, 0.25) is 0 Å². The molecule has 1 aromatic carbocycles. The second-order valence-electron chi connectivity index (χ2n) is 6.88. The van der Waals surface area contributed by atoms with Crippen LogP contribution in [0.25, 0.3) is 10.2 Å². The fraction of sp³-hybridized carbons (Fsp3) is 0.389. The molecule has 0 saturated heterocycles. The zero-order valence-corrected chi connectivity index (χ0v) is 15.6. The van der Waals surface area contributed by atoms with E-state index in [-0.39, 0.29) is 5.01 Å². The molecule has 3 unspecified atom stereocenters. The van der Waals surface area contributed by atoms with E-state index >= 15 is 0 Å². The van der Waals surface area contributed by atoms with E-state index in [0.29, 0.717) is 18.4 Å². The Morgan fingerprint density at radius 2 is 2.07 bits per heavy atom. The number of carbonyl (C=O) groups is 1. The van der Waals surface area contributed by atoms with Crippen LogP contribution in [0.1, 0.15) is 28.3 Å². The minimum atomic E-state index is -5.03. The smallest absolute Gasteiger partial charge is 0.384 e. The van der Waals surface area contributed by atoms with Crippen LogP contribution in [0, 0.1) is 12.8 Å². The monoisotopic (exact) mass is 410 g/mol. The molecule has 0 fully saturated rings. The van der Waals surface area contributed by atoms with Gasteiger partial charge in [-0.2, -0.15) is 13.2 Å². The fourth-order valence-electron chi connectivity index (χ4n) is 3.62. The number of nitrogens with one attached hydrogen (secondary N) is 2. The molecule has 3 atom stereocenters. The van der Waals surface area contributed by atoms with Crippen LogP contribution in [-0.4, -0.2) is 38.2 Å². The summed E-state index contributed by atoms with van der Waals surface area (Å²) < 4.78 is 39.4. The van der Waals surface area contributed by atoms with E-state index in [9.17, 15) is 23.1 Å². The molecule has 3 aromatic rings. The highest BCUT2D eigenvalue weighted by molar-refractivity contribution is 7.18. The van der Waals surface area contributed by atoms with E-state index in [2.05, 4.69) is 15.0 Å². The minimum Gasteiger partial charge on any atom is -0.384 e. The van der Waals surface area contributed by atoms with Crippen molar-refractivity contribution in [3.8, 4) is 0 Å². The lowest BCUT2D eigenvalue weighted by Gasteiger charge is -2.28. The number of hydrogen-bond acceptors (Lipinski definition) is 5. The number of rotatable bonds is 4. The molecule has 4 rings (SSSR count). The highest BCUT2D eigenvalue weighted by Crippen LogP contribution is 2.35. The van der Waals surface area contributed by atoms with Gasteiger partial charge in [0.2, 0.25) is 0 Å². The second kappa shape index (κ2) is 6.85. The van der Waals surface area contributed by atoms with Gasteiger partial charge < -0.3 is 15.4 Å². The van der Waals surface area contributed by atoms with Crippen LogP contribution in [-0.2, 0) is 17.6 Å².